The SMILES string of the molecule is Cc1cc(C)cc(NS(=O)(=O)c2ccc(NC(=O)C(c3ccccc3)c3ccccc3)cc2)c1. The minimum Gasteiger partial charge on any atom is -0.325 e. The molecule has 0 spiro atoms. The number of amides is 1. The summed E-state index contributed by atoms with van der Waals surface area (Å²) in [5.41, 5.74) is 4.74. The van der Waals surface area contributed by atoms with Gasteiger partial charge in [-0.25, -0.2) is 8.42 Å². The molecule has 0 fully saturated rings. The van der Waals surface area contributed by atoms with E-state index in [-0.39, 0.29) is 10.8 Å². The van der Waals surface area contributed by atoms with Crippen LogP contribution >= 0.6 is 0 Å². The number of carbonyl (C=O) groups excluding carboxylic acids is 1. The van der Waals surface area contributed by atoms with Crippen molar-refractivity contribution in [2.24, 2.45) is 0 Å². The summed E-state index contributed by atoms with van der Waals surface area (Å²) in [6, 6.07) is 30.8. The quantitative estimate of drug-likeness (QED) is 0.354. The fraction of sp³-hybridized carbons (Fsp3) is 0.107. The molecule has 5 nitrogen and oxygen atoms in total. The summed E-state index contributed by atoms with van der Waals surface area (Å²) in [5.74, 6) is -0.682. The molecule has 0 heterocycles. The molecule has 0 aliphatic rings. The standard InChI is InChI=1S/C28H26N2O3S/c1-20-17-21(2)19-25(18-20)30-34(32,33)26-15-13-24(14-16-26)29-28(31)27(22-9-5-3-6-10-22)23-11-7-4-8-12-23/h3-19,27,30H,1-2H3,(H,29,31). The third-order valence-electron chi connectivity index (χ3n) is 5.43. The lowest BCUT2D eigenvalue weighted by Crippen LogP contribution is -2.22. The largest absolute Gasteiger partial charge is 0.325 e. The monoisotopic (exact) mass is 470 g/mol. The van der Waals surface area contributed by atoms with Gasteiger partial charge in [-0.15, -0.1) is 0 Å². The van der Waals surface area contributed by atoms with Crippen LogP contribution in [0.1, 0.15) is 28.2 Å². The molecule has 4 rings (SSSR count). The molecular weight excluding hydrogens is 444 g/mol. The molecule has 4 aromatic rings. The zero-order chi connectivity index (χ0) is 24.1. The fourth-order valence-corrected chi connectivity index (χ4v) is 5.01. The van der Waals surface area contributed by atoms with E-state index < -0.39 is 15.9 Å². The zero-order valence-electron chi connectivity index (χ0n) is 19.0. The van der Waals surface area contributed by atoms with Gasteiger partial charge in [-0.3, -0.25) is 9.52 Å². The van der Waals surface area contributed by atoms with Gasteiger partial charge < -0.3 is 5.32 Å². The molecule has 0 atom stereocenters. The fourth-order valence-electron chi connectivity index (χ4n) is 3.97. The number of anilines is 2. The smallest absolute Gasteiger partial charge is 0.261 e. The van der Waals surface area contributed by atoms with E-state index in [1.807, 2.05) is 80.6 Å². The average molecular weight is 471 g/mol. The Morgan fingerprint density at radius 3 is 1.68 bits per heavy atom. The summed E-state index contributed by atoms with van der Waals surface area (Å²) in [7, 11) is -3.76. The van der Waals surface area contributed by atoms with Crippen LogP contribution in [0.25, 0.3) is 0 Å². The second-order valence-corrected chi connectivity index (χ2v) is 9.93. The zero-order valence-corrected chi connectivity index (χ0v) is 19.8. The summed E-state index contributed by atoms with van der Waals surface area (Å²) >= 11 is 0. The van der Waals surface area contributed by atoms with Gasteiger partial charge in [0.1, 0.15) is 0 Å². The Morgan fingerprint density at radius 2 is 1.18 bits per heavy atom. The maximum absolute atomic E-state index is 13.3. The molecule has 0 saturated heterocycles. The van der Waals surface area contributed by atoms with E-state index >= 15 is 0 Å². The van der Waals surface area contributed by atoms with E-state index in [1.54, 1.807) is 24.3 Å². The number of rotatable bonds is 7. The van der Waals surface area contributed by atoms with Crippen LogP contribution in [0, 0.1) is 13.8 Å². The lowest BCUT2D eigenvalue weighted by atomic mass is 9.90. The van der Waals surface area contributed by atoms with Crippen LogP contribution in [-0.4, -0.2) is 14.3 Å². The van der Waals surface area contributed by atoms with Gasteiger partial charge in [0.15, 0.2) is 0 Å². The Labute approximate surface area is 200 Å². The van der Waals surface area contributed by atoms with Crippen molar-refractivity contribution in [1.82, 2.24) is 0 Å². The third kappa shape index (κ3) is 5.53. The Balaban J connectivity index is 1.53. The van der Waals surface area contributed by atoms with E-state index in [1.165, 1.54) is 12.1 Å². The van der Waals surface area contributed by atoms with E-state index in [0.29, 0.717) is 11.4 Å². The predicted molar refractivity (Wildman–Crippen MR) is 137 cm³/mol. The minimum absolute atomic E-state index is 0.118. The molecule has 1 amide bonds. The topological polar surface area (TPSA) is 75.3 Å². The highest BCUT2D eigenvalue weighted by Crippen LogP contribution is 2.27. The Bertz CT molecular complexity index is 1330. The molecule has 0 saturated carbocycles. The highest BCUT2D eigenvalue weighted by atomic mass is 32.2. The van der Waals surface area contributed by atoms with Crippen LogP contribution in [0.15, 0.2) is 108 Å². The van der Waals surface area contributed by atoms with Gasteiger partial charge in [0.2, 0.25) is 5.91 Å². The van der Waals surface area contributed by atoms with Crippen LogP contribution < -0.4 is 10.0 Å². The van der Waals surface area contributed by atoms with Crippen molar-refractivity contribution in [3.05, 3.63) is 125 Å². The molecule has 0 aliphatic heterocycles. The Morgan fingerprint density at radius 1 is 0.676 bits per heavy atom. The molecule has 0 bridgehead atoms. The number of aryl methyl sites for hydroxylation is 2. The second kappa shape index (κ2) is 9.93. The number of benzene rings is 4. The van der Waals surface area contributed by atoms with Gasteiger partial charge >= 0.3 is 0 Å². The highest BCUT2D eigenvalue weighted by molar-refractivity contribution is 7.92. The van der Waals surface area contributed by atoms with Crippen molar-refractivity contribution >= 4 is 27.3 Å². The lowest BCUT2D eigenvalue weighted by Gasteiger charge is -2.18. The number of hydrogen-bond donors (Lipinski definition) is 2. The number of carbonyl (C=O) groups is 1. The first-order valence-electron chi connectivity index (χ1n) is 10.9. The summed E-state index contributed by atoms with van der Waals surface area (Å²) in [6.07, 6.45) is 0. The third-order valence-corrected chi connectivity index (χ3v) is 6.83. The lowest BCUT2D eigenvalue weighted by molar-refractivity contribution is -0.116. The minimum atomic E-state index is -3.76. The van der Waals surface area contributed by atoms with Gasteiger partial charge in [-0.1, -0.05) is 66.7 Å². The second-order valence-electron chi connectivity index (χ2n) is 8.25. The van der Waals surface area contributed by atoms with Crippen molar-refractivity contribution in [1.29, 1.82) is 0 Å². The Kier molecular flexibility index (Phi) is 6.80. The average Bonchev–Trinajstić information content (AvgIpc) is 2.80. The number of nitrogens with one attached hydrogen (secondary N) is 2. The van der Waals surface area contributed by atoms with Crippen molar-refractivity contribution in [2.75, 3.05) is 10.0 Å². The maximum Gasteiger partial charge on any atom is 0.261 e. The molecular formula is C28H26N2O3S. The van der Waals surface area contributed by atoms with Gasteiger partial charge in [0, 0.05) is 11.4 Å². The van der Waals surface area contributed by atoms with Crippen LogP contribution in [0.2, 0.25) is 0 Å². The number of sulfonamides is 1. The van der Waals surface area contributed by atoms with Gasteiger partial charge in [0.05, 0.1) is 10.8 Å². The molecule has 0 aromatic heterocycles. The van der Waals surface area contributed by atoms with Crippen LogP contribution in [0.5, 0.6) is 0 Å². The molecule has 0 radical (unpaired) electrons. The van der Waals surface area contributed by atoms with E-state index in [4.69, 9.17) is 0 Å². The van der Waals surface area contributed by atoms with Crippen LogP contribution in [0.3, 0.4) is 0 Å². The Hall–Kier alpha value is -3.90. The molecule has 2 N–H and O–H groups in total. The summed E-state index contributed by atoms with van der Waals surface area (Å²) in [5, 5.41) is 2.93. The van der Waals surface area contributed by atoms with Crippen LogP contribution in [-0.2, 0) is 14.8 Å². The van der Waals surface area contributed by atoms with Crippen molar-refractivity contribution < 1.29 is 13.2 Å². The summed E-state index contributed by atoms with van der Waals surface area (Å²) < 4.78 is 28.3. The first-order valence-corrected chi connectivity index (χ1v) is 12.4. The van der Waals surface area contributed by atoms with Crippen molar-refractivity contribution in [3.63, 3.8) is 0 Å². The van der Waals surface area contributed by atoms with Gasteiger partial charge in [-0.05, 0) is 72.5 Å². The summed E-state index contributed by atoms with van der Waals surface area (Å²) in [4.78, 5) is 13.4. The first kappa shape index (κ1) is 23.3. The molecule has 34 heavy (non-hydrogen) atoms. The van der Waals surface area contributed by atoms with Gasteiger partial charge in [-0.2, -0.15) is 0 Å². The van der Waals surface area contributed by atoms with Crippen LogP contribution in [0.4, 0.5) is 11.4 Å². The molecule has 0 unspecified atom stereocenters. The predicted octanol–water partition coefficient (Wildman–Crippen LogP) is 5.87. The van der Waals surface area contributed by atoms with Crippen molar-refractivity contribution in [2.45, 2.75) is 24.7 Å². The molecule has 172 valence electrons. The molecule has 6 heteroatoms. The molecule has 4 aromatic carbocycles. The van der Waals surface area contributed by atoms with E-state index in [9.17, 15) is 13.2 Å². The van der Waals surface area contributed by atoms with Crippen molar-refractivity contribution in [3.8, 4) is 0 Å². The number of hydrogen-bond acceptors (Lipinski definition) is 3. The first-order chi connectivity index (χ1) is 16.3. The maximum atomic E-state index is 13.3. The van der Waals surface area contributed by atoms with Gasteiger partial charge in [0.25, 0.3) is 10.0 Å². The molecule has 0 aliphatic carbocycles. The van der Waals surface area contributed by atoms with E-state index in [0.717, 1.165) is 22.3 Å². The highest BCUT2D eigenvalue weighted by Gasteiger charge is 2.23. The summed E-state index contributed by atoms with van der Waals surface area (Å²) in [6.45, 7) is 3.83. The normalized spacial score (nSPS) is 11.3. The van der Waals surface area contributed by atoms with E-state index in [2.05, 4.69) is 10.0 Å².